The second-order valence-corrected chi connectivity index (χ2v) is 7.27. The van der Waals surface area contributed by atoms with Gasteiger partial charge in [0.2, 0.25) is 0 Å². The van der Waals surface area contributed by atoms with Gasteiger partial charge >= 0.3 is 6.36 Å². The topological polar surface area (TPSA) is 141 Å². The van der Waals surface area contributed by atoms with Crippen LogP contribution in [-0.2, 0) is 20.8 Å². The molecule has 1 N–H and O–H groups in total. The molecule has 0 radical (unpaired) electrons. The Morgan fingerprint density at radius 1 is 0.973 bits per heavy atom. The van der Waals surface area contributed by atoms with Crippen LogP contribution in [0.1, 0.15) is 0 Å². The largest absolute Gasteiger partial charge is 0.573 e. The van der Waals surface area contributed by atoms with Gasteiger partial charge in [-0.3, -0.25) is 4.68 Å². The zero-order valence-corrected chi connectivity index (χ0v) is 19.7. The van der Waals surface area contributed by atoms with E-state index in [1.807, 2.05) is 6.20 Å². The number of halogens is 3. The molecule has 3 rings (SSSR count). The third-order valence-electron chi connectivity index (χ3n) is 4.56. The smallest absolute Gasteiger partial charge is 0.406 e. The molecule has 0 saturated heterocycles. The van der Waals surface area contributed by atoms with E-state index in [1.165, 1.54) is 30.6 Å². The molecule has 0 fully saturated rings. The molecule has 2 heterocycles. The molecule has 0 aliphatic heterocycles. The van der Waals surface area contributed by atoms with Crippen LogP contribution in [0.25, 0.3) is 21.7 Å². The summed E-state index contributed by atoms with van der Waals surface area (Å²) in [6, 6.07) is 7.03. The molecule has 0 bridgehead atoms. The van der Waals surface area contributed by atoms with Crippen LogP contribution in [0.2, 0.25) is 0 Å². The normalized spacial score (nSPS) is 11.2. The van der Waals surface area contributed by atoms with Crippen molar-refractivity contribution in [1.29, 1.82) is 0 Å². The van der Waals surface area contributed by atoms with E-state index in [0.29, 0.717) is 69.9 Å². The van der Waals surface area contributed by atoms with E-state index in [4.69, 9.17) is 19.7 Å². The highest BCUT2D eigenvalue weighted by atomic mass is 19.4. The van der Waals surface area contributed by atoms with E-state index >= 15 is 0 Å². The number of rotatable bonds is 16. The van der Waals surface area contributed by atoms with Gasteiger partial charge in [-0.1, -0.05) is 5.11 Å². The molecule has 1 aromatic carbocycles. The first-order valence-electron chi connectivity index (χ1n) is 11.1. The third-order valence-corrected chi connectivity index (χ3v) is 4.56. The summed E-state index contributed by atoms with van der Waals surface area (Å²) >= 11 is 0. The van der Waals surface area contributed by atoms with E-state index in [0.717, 1.165) is 5.56 Å². The van der Waals surface area contributed by atoms with Gasteiger partial charge in [-0.05, 0) is 29.8 Å². The average molecular weight is 522 g/mol. The molecular weight excluding hydrogens is 497 g/mol. The molecule has 198 valence electrons. The predicted molar refractivity (Wildman–Crippen MR) is 126 cm³/mol. The number of anilines is 2. The van der Waals surface area contributed by atoms with Gasteiger partial charge in [-0.2, -0.15) is 5.10 Å². The molecule has 0 saturated carbocycles. The summed E-state index contributed by atoms with van der Waals surface area (Å²) in [5.74, 6) is 0.155. The Labute approximate surface area is 210 Å². The minimum atomic E-state index is -4.74. The molecule has 0 unspecified atom stereocenters. The molecule has 37 heavy (non-hydrogen) atoms. The number of nitrogens with zero attached hydrogens (tertiary/aromatic N) is 7. The van der Waals surface area contributed by atoms with Crippen molar-refractivity contribution in [3.63, 3.8) is 0 Å². The van der Waals surface area contributed by atoms with Crippen molar-refractivity contribution < 1.29 is 32.1 Å². The molecule has 0 aliphatic rings. The number of alkyl halides is 3. The van der Waals surface area contributed by atoms with E-state index < -0.39 is 6.36 Å². The Bertz CT molecular complexity index is 1140. The Morgan fingerprint density at radius 3 is 2.38 bits per heavy atom. The standard InChI is InChI=1S/C22H25F3N8O4/c23-22(24,25)37-19-3-1-18(2-4-19)31-21-13-20(27-16-28-21)17-14-30-33(15-17)6-8-35-10-12-36-11-9-34-7-5-29-32-26/h1-4,13-16H,5-12H2,(H,27,28,31). The van der Waals surface area contributed by atoms with Crippen molar-refractivity contribution in [3.05, 3.63) is 59.5 Å². The monoisotopic (exact) mass is 522 g/mol. The predicted octanol–water partition coefficient (Wildman–Crippen LogP) is 4.34. The lowest BCUT2D eigenvalue weighted by atomic mass is 10.2. The minimum Gasteiger partial charge on any atom is -0.406 e. The van der Waals surface area contributed by atoms with Crippen LogP contribution in [0.15, 0.2) is 54.2 Å². The van der Waals surface area contributed by atoms with Gasteiger partial charge in [0.25, 0.3) is 0 Å². The highest BCUT2D eigenvalue weighted by Gasteiger charge is 2.30. The van der Waals surface area contributed by atoms with E-state index in [-0.39, 0.29) is 5.75 Å². The van der Waals surface area contributed by atoms with E-state index in [1.54, 1.807) is 16.9 Å². The molecule has 0 atom stereocenters. The fourth-order valence-electron chi connectivity index (χ4n) is 2.94. The Morgan fingerprint density at radius 2 is 1.68 bits per heavy atom. The van der Waals surface area contributed by atoms with Crippen LogP contribution in [0.4, 0.5) is 24.7 Å². The first-order valence-corrected chi connectivity index (χ1v) is 11.1. The first-order chi connectivity index (χ1) is 17.9. The van der Waals surface area contributed by atoms with Gasteiger partial charge in [-0.15, -0.1) is 13.2 Å². The van der Waals surface area contributed by atoms with Gasteiger partial charge < -0.3 is 24.3 Å². The lowest BCUT2D eigenvalue weighted by Gasteiger charge is -2.10. The van der Waals surface area contributed by atoms with Crippen molar-refractivity contribution in [3.8, 4) is 17.0 Å². The summed E-state index contributed by atoms with van der Waals surface area (Å²) in [5, 5.41) is 10.7. The zero-order valence-electron chi connectivity index (χ0n) is 19.7. The van der Waals surface area contributed by atoms with Crippen molar-refractivity contribution in [2.24, 2.45) is 5.11 Å². The zero-order chi connectivity index (χ0) is 26.3. The molecule has 0 spiro atoms. The quantitative estimate of drug-likeness (QED) is 0.127. The summed E-state index contributed by atoms with van der Waals surface area (Å²) in [6.45, 7) is 3.33. The lowest BCUT2D eigenvalue weighted by molar-refractivity contribution is -0.274. The lowest BCUT2D eigenvalue weighted by Crippen LogP contribution is -2.16. The maximum atomic E-state index is 12.3. The van der Waals surface area contributed by atoms with Crippen LogP contribution in [0.3, 0.4) is 0 Å². The van der Waals surface area contributed by atoms with Gasteiger partial charge in [0, 0.05) is 35.0 Å². The average Bonchev–Trinajstić information content (AvgIpc) is 3.34. The summed E-state index contributed by atoms with van der Waals surface area (Å²) in [7, 11) is 0. The van der Waals surface area contributed by atoms with Crippen molar-refractivity contribution in [2.75, 3.05) is 51.5 Å². The van der Waals surface area contributed by atoms with Crippen LogP contribution < -0.4 is 10.1 Å². The second-order valence-electron chi connectivity index (χ2n) is 7.27. The molecule has 15 heteroatoms. The Hall–Kier alpha value is -3.91. The third kappa shape index (κ3) is 10.7. The molecule has 2 aromatic heterocycles. The van der Waals surface area contributed by atoms with Crippen molar-refractivity contribution in [2.45, 2.75) is 12.9 Å². The van der Waals surface area contributed by atoms with E-state index in [2.05, 4.69) is 35.1 Å². The molecule has 0 aliphatic carbocycles. The summed E-state index contributed by atoms with van der Waals surface area (Å²) in [4.78, 5) is 11.0. The van der Waals surface area contributed by atoms with Gasteiger partial charge in [0.1, 0.15) is 17.9 Å². The van der Waals surface area contributed by atoms with Crippen LogP contribution in [0.5, 0.6) is 5.75 Å². The number of aromatic nitrogens is 4. The number of hydrogen-bond acceptors (Lipinski definition) is 9. The number of benzene rings is 1. The summed E-state index contributed by atoms with van der Waals surface area (Å²) in [5.41, 5.74) is 10.1. The maximum absolute atomic E-state index is 12.3. The number of nitrogens with one attached hydrogen (secondary N) is 1. The molecule has 0 amide bonds. The fraction of sp³-hybridized carbons (Fsp3) is 0.409. The Balaban J connectivity index is 1.37. The van der Waals surface area contributed by atoms with Gasteiger partial charge in [0.15, 0.2) is 0 Å². The van der Waals surface area contributed by atoms with Gasteiger partial charge in [0.05, 0.1) is 58.1 Å². The number of hydrogen-bond donors (Lipinski definition) is 1. The minimum absolute atomic E-state index is 0.297. The highest BCUT2D eigenvalue weighted by Crippen LogP contribution is 2.25. The molecule has 3 aromatic rings. The van der Waals surface area contributed by atoms with E-state index in [9.17, 15) is 13.2 Å². The fourth-order valence-corrected chi connectivity index (χ4v) is 2.94. The summed E-state index contributed by atoms with van der Waals surface area (Å²) in [6.07, 6.45) is 0.127. The van der Waals surface area contributed by atoms with Gasteiger partial charge in [-0.25, -0.2) is 9.97 Å². The first kappa shape index (κ1) is 27.7. The van der Waals surface area contributed by atoms with Crippen LogP contribution >= 0.6 is 0 Å². The summed E-state index contributed by atoms with van der Waals surface area (Å²) < 4.78 is 58.7. The number of ether oxygens (including phenoxy) is 4. The molecule has 12 nitrogen and oxygen atoms in total. The van der Waals surface area contributed by atoms with Crippen LogP contribution in [0, 0.1) is 0 Å². The van der Waals surface area contributed by atoms with Crippen molar-refractivity contribution in [1.82, 2.24) is 19.7 Å². The molecular formula is C22H25F3N8O4. The number of azide groups is 1. The second kappa shape index (κ2) is 14.6. The Kier molecular flexibility index (Phi) is 10.9. The van der Waals surface area contributed by atoms with Crippen molar-refractivity contribution >= 4 is 11.5 Å². The SMILES string of the molecule is [N-]=[N+]=NCCOCCOCCOCCn1cc(-c2cc(Nc3ccc(OC(F)(F)F)cc3)ncn2)cn1. The maximum Gasteiger partial charge on any atom is 0.573 e. The highest BCUT2D eigenvalue weighted by molar-refractivity contribution is 5.64. The van der Waals surface area contributed by atoms with Crippen LogP contribution in [-0.4, -0.2) is 72.3 Å².